The van der Waals surface area contributed by atoms with Gasteiger partial charge in [-0.3, -0.25) is 4.79 Å². The summed E-state index contributed by atoms with van der Waals surface area (Å²) in [6, 6.07) is 15.7. The topological polar surface area (TPSA) is 50.2 Å². The van der Waals surface area contributed by atoms with Gasteiger partial charge in [-0.2, -0.15) is 0 Å². The number of hydrogen-bond acceptors (Lipinski definition) is 3. The lowest BCUT2D eigenvalue weighted by Gasteiger charge is -2.09. The first-order valence-corrected chi connectivity index (χ1v) is 7.59. The molecule has 0 radical (unpaired) electrons. The van der Waals surface area contributed by atoms with Crippen molar-refractivity contribution < 1.29 is 9.90 Å². The second-order valence-corrected chi connectivity index (χ2v) is 6.16. The van der Waals surface area contributed by atoms with Crippen LogP contribution in [0.2, 0.25) is 0 Å². The molecule has 0 spiro atoms. The van der Waals surface area contributed by atoms with Gasteiger partial charge in [0.05, 0.1) is 10.2 Å². The number of rotatable bonds is 4. The maximum absolute atomic E-state index is 11.6. The molecule has 0 aliphatic carbocycles. The zero-order valence-electron chi connectivity index (χ0n) is 11.6. The standard InChI is InChI=1S/C17H15NO2S/c1-11-6-8-12(9-7-11)10-13(17(19)20)16-18-14-4-2-3-5-15(14)21-16/h2-9,13H,10H2,1H3,(H,19,20). The minimum Gasteiger partial charge on any atom is -0.481 e. The zero-order valence-corrected chi connectivity index (χ0v) is 12.4. The summed E-state index contributed by atoms with van der Waals surface area (Å²) >= 11 is 1.46. The third kappa shape index (κ3) is 2.95. The fourth-order valence-electron chi connectivity index (χ4n) is 2.28. The number of aryl methyl sites for hydroxylation is 1. The van der Waals surface area contributed by atoms with E-state index in [9.17, 15) is 9.90 Å². The maximum atomic E-state index is 11.6. The molecule has 21 heavy (non-hydrogen) atoms. The SMILES string of the molecule is Cc1ccc(CC(C(=O)O)c2nc3ccccc3s2)cc1. The van der Waals surface area contributed by atoms with Crippen LogP contribution in [0.1, 0.15) is 22.1 Å². The van der Waals surface area contributed by atoms with E-state index in [1.165, 1.54) is 16.9 Å². The lowest BCUT2D eigenvalue weighted by atomic mass is 9.99. The average Bonchev–Trinajstić information content (AvgIpc) is 2.89. The molecule has 1 heterocycles. The third-order valence-corrected chi connectivity index (χ3v) is 4.62. The van der Waals surface area contributed by atoms with Crippen molar-refractivity contribution in [3.8, 4) is 0 Å². The van der Waals surface area contributed by atoms with E-state index in [0.717, 1.165) is 15.8 Å². The summed E-state index contributed by atoms with van der Waals surface area (Å²) in [4.78, 5) is 16.1. The molecule has 3 aromatic rings. The van der Waals surface area contributed by atoms with Crippen LogP contribution in [0.25, 0.3) is 10.2 Å². The number of hydrogen-bond donors (Lipinski definition) is 1. The van der Waals surface area contributed by atoms with Crippen molar-refractivity contribution in [3.63, 3.8) is 0 Å². The first-order chi connectivity index (χ1) is 10.1. The van der Waals surface area contributed by atoms with E-state index in [0.29, 0.717) is 11.4 Å². The minimum absolute atomic E-state index is 0.468. The summed E-state index contributed by atoms with van der Waals surface area (Å²) in [7, 11) is 0. The number of carboxylic acids is 1. The summed E-state index contributed by atoms with van der Waals surface area (Å²) in [5.74, 6) is -1.42. The Morgan fingerprint density at radius 1 is 1.19 bits per heavy atom. The number of carboxylic acid groups (broad SMARTS) is 1. The van der Waals surface area contributed by atoms with Crippen molar-refractivity contribution in [2.45, 2.75) is 19.3 Å². The highest BCUT2D eigenvalue weighted by Crippen LogP contribution is 2.30. The second kappa shape index (κ2) is 5.66. The van der Waals surface area contributed by atoms with Gasteiger partial charge in [-0.25, -0.2) is 4.98 Å². The Morgan fingerprint density at radius 3 is 2.57 bits per heavy atom. The molecule has 2 aromatic carbocycles. The van der Waals surface area contributed by atoms with E-state index in [1.54, 1.807) is 0 Å². The molecule has 0 aliphatic heterocycles. The number of thiazole rings is 1. The lowest BCUT2D eigenvalue weighted by Crippen LogP contribution is -2.14. The molecule has 0 amide bonds. The maximum Gasteiger partial charge on any atom is 0.313 e. The molecule has 0 aliphatic rings. The van der Waals surface area contributed by atoms with Gasteiger partial charge in [0.25, 0.3) is 0 Å². The van der Waals surface area contributed by atoms with Gasteiger partial charge in [0.15, 0.2) is 0 Å². The summed E-state index contributed by atoms with van der Waals surface area (Å²) in [5.41, 5.74) is 3.06. The van der Waals surface area contributed by atoms with Crippen molar-refractivity contribution in [3.05, 3.63) is 64.7 Å². The normalized spacial score (nSPS) is 12.4. The fourth-order valence-corrected chi connectivity index (χ4v) is 3.34. The first kappa shape index (κ1) is 13.8. The third-order valence-electron chi connectivity index (χ3n) is 3.47. The van der Waals surface area contributed by atoms with Crippen LogP contribution in [-0.2, 0) is 11.2 Å². The molecule has 3 nitrogen and oxygen atoms in total. The Balaban J connectivity index is 1.93. The van der Waals surface area contributed by atoms with Gasteiger partial charge in [0.2, 0.25) is 0 Å². The zero-order chi connectivity index (χ0) is 14.8. The van der Waals surface area contributed by atoms with Crippen LogP contribution >= 0.6 is 11.3 Å². The second-order valence-electron chi connectivity index (χ2n) is 5.10. The number of para-hydroxylation sites is 1. The molecule has 1 atom stereocenters. The highest BCUT2D eigenvalue weighted by Gasteiger charge is 2.24. The molecule has 1 aromatic heterocycles. The van der Waals surface area contributed by atoms with Crippen molar-refractivity contribution in [1.82, 2.24) is 4.98 Å². The van der Waals surface area contributed by atoms with Crippen molar-refractivity contribution in [2.75, 3.05) is 0 Å². The smallest absolute Gasteiger partial charge is 0.313 e. The number of fused-ring (bicyclic) bond motifs is 1. The van der Waals surface area contributed by atoms with Gasteiger partial charge >= 0.3 is 5.97 Å². The van der Waals surface area contributed by atoms with Gasteiger partial charge < -0.3 is 5.11 Å². The summed E-state index contributed by atoms with van der Waals surface area (Å²) < 4.78 is 1.03. The van der Waals surface area contributed by atoms with Crippen LogP contribution in [-0.4, -0.2) is 16.1 Å². The molecule has 0 saturated heterocycles. The monoisotopic (exact) mass is 297 g/mol. The number of nitrogens with zero attached hydrogens (tertiary/aromatic N) is 1. The van der Waals surface area contributed by atoms with Crippen LogP contribution in [0.3, 0.4) is 0 Å². The van der Waals surface area contributed by atoms with E-state index in [1.807, 2.05) is 55.5 Å². The average molecular weight is 297 g/mol. The van der Waals surface area contributed by atoms with Crippen LogP contribution < -0.4 is 0 Å². The largest absolute Gasteiger partial charge is 0.481 e. The number of carbonyl (C=O) groups is 1. The van der Waals surface area contributed by atoms with Gasteiger partial charge in [0.1, 0.15) is 10.9 Å². The predicted octanol–water partition coefficient (Wildman–Crippen LogP) is 4.02. The van der Waals surface area contributed by atoms with Gasteiger partial charge in [-0.15, -0.1) is 11.3 Å². The predicted molar refractivity (Wildman–Crippen MR) is 84.9 cm³/mol. The minimum atomic E-state index is -0.824. The molecular weight excluding hydrogens is 282 g/mol. The Kier molecular flexibility index (Phi) is 3.71. The first-order valence-electron chi connectivity index (χ1n) is 6.77. The Labute approximate surface area is 126 Å². The molecular formula is C17H15NO2S. The molecule has 1 N–H and O–H groups in total. The van der Waals surface area contributed by atoms with Crippen LogP contribution in [0.15, 0.2) is 48.5 Å². The highest BCUT2D eigenvalue weighted by atomic mass is 32.1. The van der Waals surface area contributed by atoms with Gasteiger partial charge in [-0.1, -0.05) is 42.0 Å². The molecule has 0 fully saturated rings. The van der Waals surface area contributed by atoms with Gasteiger partial charge in [-0.05, 0) is 31.0 Å². The van der Waals surface area contributed by atoms with Crippen molar-refractivity contribution in [1.29, 1.82) is 0 Å². The summed E-state index contributed by atoms with van der Waals surface area (Å²) in [6.07, 6.45) is 0.468. The number of benzene rings is 2. The summed E-state index contributed by atoms with van der Waals surface area (Å²) in [5, 5.41) is 10.2. The van der Waals surface area contributed by atoms with Gasteiger partial charge in [0, 0.05) is 0 Å². The molecule has 3 rings (SSSR count). The molecule has 0 bridgehead atoms. The number of aromatic nitrogens is 1. The fraction of sp³-hybridized carbons (Fsp3) is 0.176. The van der Waals surface area contributed by atoms with E-state index in [4.69, 9.17) is 0 Å². The van der Waals surface area contributed by atoms with Crippen LogP contribution in [0.5, 0.6) is 0 Å². The lowest BCUT2D eigenvalue weighted by molar-refractivity contribution is -0.138. The van der Waals surface area contributed by atoms with E-state index >= 15 is 0 Å². The van der Waals surface area contributed by atoms with Crippen LogP contribution in [0.4, 0.5) is 0 Å². The summed E-state index contributed by atoms with van der Waals surface area (Å²) in [6.45, 7) is 2.02. The quantitative estimate of drug-likeness (QED) is 0.791. The Bertz CT molecular complexity index is 744. The molecule has 106 valence electrons. The molecule has 0 saturated carbocycles. The van der Waals surface area contributed by atoms with E-state index in [2.05, 4.69) is 4.98 Å². The van der Waals surface area contributed by atoms with Crippen molar-refractivity contribution in [2.24, 2.45) is 0 Å². The Hall–Kier alpha value is -2.20. The van der Waals surface area contributed by atoms with E-state index in [-0.39, 0.29) is 0 Å². The number of aliphatic carboxylic acids is 1. The van der Waals surface area contributed by atoms with Crippen LogP contribution in [0, 0.1) is 6.92 Å². The van der Waals surface area contributed by atoms with E-state index < -0.39 is 11.9 Å². The molecule has 1 unspecified atom stereocenters. The molecule has 4 heteroatoms. The highest BCUT2D eigenvalue weighted by molar-refractivity contribution is 7.18. The van der Waals surface area contributed by atoms with Crippen molar-refractivity contribution >= 4 is 27.5 Å². The Morgan fingerprint density at radius 2 is 1.90 bits per heavy atom.